The van der Waals surface area contributed by atoms with Crippen LogP contribution in [0.5, 0.6) is 0 Å². The molecule has 2 aromatic heterocycles. The molecule has 2 rings (SSSR count). The molecule has 0 saturated heterocycles. The van der Waals surface area contributed by atoms with Crippen LogP contribution in [-0.4, -0.2) is 20.6 Å². The number of halogens is 3. The molecule has 11 heteroatoms. The minimum absolute atomic E-state index is 0.0866. The molecule has 2 heterocycles. The fourth-order valence-corrected chi connectivity index (χ4v) is 2.90. The van der Waals surface area contributed by atoms with E-state index < -0.39 is 34.4 Å². The molecule has 0 fully saturated rings. The number of hydrogen-bond donors (Lipinski definition) is 1. The SMILES string of the molecule is CC.CC.CC(C)n1nc(C(F)(F)F)cc1-c1sc(C(N)=O)cc1[N+](=O)[O-]. The fourth-order valence-electron chi connectivity index (χ4n) is 1.92. The normalized spacial score (nSPS) is 10.6. The third kappa shape index (κ3) is 5.78. The number of thiophene rings is 1. The van der Waals surface area contributed by atoms with E-state index in [4.69, 9.17) is 5.73 Å². The molecule has 0 aromatic carbocycles. The van der Waals surface area contributed by atoms with E-state index in [9.17, 15) is 28.1 Å². The molecule has 2 N–H and O–H groups in total. The Morgan fingerprint density at radius 1 is 1.26 bits per heavy atom. The Bertz CT molecular complexity index is 782. The molecule has 27 heavy (non-hydrogen) atoms. The first-order chi connectivity index (χ1) is 12.5. The first-order valence-electron chi connectivity index (χ1n) is 8.27. The second-order valence-electron chi connectivity index (χ2n) is 4.90. The molecule has 152 valence electrons. The highest BCUT2D eigenvalue weighted by molar-refractivity contribution is 7.18. The minimum Gasteiger partial charge on any atom is -0.365 e. The standard InChI is InChI=1S/C12H11F3N4O3S.2C2H6/c1-5(2)18-6(4-9(17-18)12(13,14)15)10-7(19(21)22)3-8(23-10)11(16)20;2*1-2/h3-5H,1-2H3,(H2,16,20);2*1-2H3. The minimum atomic E-state index is -4.69. The molecule has 0 bridgehead atoms. The molecule has 0 saturated carbocycles. The Hall–Kier alpha value is -2.43. The van der Waals surface area contributed by atoms with Gasteiger partial charge in [-0.1, -0.05) is 27.7 Å². The van der Waals surface area contributed by atoms with Crippen LogP contribution in [0.4, 0.5) is 18.9 Å². The monoisotopic (exact) mass is 408 g/mol. The van der Waals surface area contributed by atoms with Gasteiger partial charge in [0.2, 0.25) is 0 Å². The molecule has 0 aliphatic carbocycles. The maximum Gasteiger partial charge on any atom is 0.435 e. The van der Waals surface area contributed by atoms with E-state index in [0.717, 1.165) is 16.8 Å². The summed E-state index contributed by atoms with van der Waals surface area (Å²) in [7, 11) is 0. The van der Waals surface area contributed by atoms with Crippen molar-refractivity contribution in [3.63, 3.8) is 0 Å². The predicted molar refractivity (Wildman–Crippen MR) is 98.8 cm³/mol. The number of nitrogens with zero attached hydrogens (tertiary/aromatic N) is 3. The molecule has 2 aromatic rings. The number of aromatic nitrogens is 2. The first-order valence-corrected chi connectivity index (χ1v) is 9.09. The summed E-state index contributed by atoms with van der Waals surface area (Å²) in [6.45, 7) is 11.2. The van der Waals surface area contributed by atoms with Crippen LogP contribution in [0.15, 0.2) is 12.1 Å². The van der Waals surface area contributed by atoms with Crippen LogP contribution in [0.1, 0.15) is 62.9 Å². The maximum atomic E-state index is 12.9. The molecule has 0 unspecified atom stereocenters. The molecular formula is C16H23F3N4O3S. The number of hydrogen-bond acceptors (Lipinski definition) is 5. The van der Waals surface area contributed by atoms with Gasteiger partial charge in [0.15, 0.2) is 5.69 Å². The van der Waals surface area contributed by atoms with Gasteiger partial charge in [0, 0.05) is 12.1 Å². The molecule has 0 aliphatic heterocycles. The van der Waals surface area contributed by atoms with E-state index in [-0.39, 0.29) is 15.4 Å². The Morgan fingerprint density at radius 3 is 2.15 bits per heavy atom. The van der Waals surface area contributed by atoms with Gasteiger partial charge in [0.25, 0.3) is 11.6 Å². The number of alkyl halides is 3. The summed E-state index contributed by atoms with van der Waals surface area (Å²) in [5, 5.41) is 14.6. The zero-order valence-electron chi connectivity index (χ0n) is 15.9. The van der Waals surface area contributed by atoms with E-state index >= 15 is 0 Å². The summed E-state index contributed by atoms with van der Waals surface area (Å²) in [6, 6.07) is 1.21. The Kier molecular flexibility index (Phi) is 9.14. The van der Waals surface area contributed by atoms with Gasteiger partial charge >= 0.3 is 6.18 Å². The second kappa shape index (κ2) is 10.0. The fraction of sp³-hybridized carbons (Fsp3) is 0.500. The molecular weight excluding hydrogens is 385 g/mol. The van der Waals surface area contributed by atoms with Crippen LogP contribution in [0.2, 0.25) is 0 Å². The van der Waals surface area contributed by atoms with E-state index in [1.807, 2.05) is 27.7 Å². The highest BCUT2D eigenvalue weighted by atomic mass is 32.1. The lowest BCUT2D eigenvalue weighted by Gasteiger charge is -2.09. The quantitative estimate of drug-likeness (QED) is 0.549. The Labute approximate surface area is 159 Å². The lowest BCUT2D eigenvalue weighted by Crippen LogP contribution is -2.09. The predicted octanol–water partition coefficient (Wildman–Crippen LogP) is 5.27. The summed E-state index contributed by atoms with van der Waals surface area (Å²) >= 11 is 0.660. The summed E-state index contributed by atoms with van der Waals surface area (Å²) in [5.74, 6) is -0.893. The third-order valence-electron chi connectivity index (χ3n) is 2.90. The zero-order valence-corrected chi connectivity index (χ0v) is 16.7. The van der Waals surface area contributed by atoms with Crippen molar-refractivity contribution in [2.24, 2.45) is 5.73 Å². The van der Waals surface area contributed by atoms with Crippen LogP contribution in [0, 0.1) is 10.1 Å². The Balaban J connectivity index is 0.00000158. The summed E-state index contributed by atoms with van der Waals surface area (Å²) < 4.78 is 39.7. The number of amides is 1. The van der Waals surface area contributed by atoms with Crippen molar-refractivity contribution in [3.05, 3.63) is 32.8 Å². The average Bonchev–Trinajstić information content (AvgIpc) is 3.22. The van der Waals surface area contributed by atoms with Crippen LogP contribution < -0.4 is 5.73 Å². The van der Waals surface area contributed by atoms with Gasteiger partial charge in [-0.2, -0.15) is 18.3 Å². The van der Waals surface area contributed by atoms with Crippen molar-refractivity contribution in [3.8, 4) is 10.6 Å². The van der Waals surface area contributed by atoms with Crippen molar-refractivity contribution < 1.29 is 22.9 Å². The van der Waals surface area contributed by atoms with E-state index in [1.165, 1.54) is 0 Å². The van der Waals surface area contributed by atoms with E-state index in [1.54, 1.807) is 13.8 Å². The second-order valence-corrected chi connectivity index (χ2v) is 5.95. The molecule has 0 spiro atoms. The van der Waals surface area contributed by atoms with Crippen LogP contribution in [0.25, 0.3) is 10.6 Å². The topological polar surface area (TPSA) is 104 Å². The molecule has 0 radical (unpaired) electrons. The van der Waals surface area contributed by atoms with Gasteiger partial charge in [-0.15, -0.1) is 11.3 Å². The van der Waals surface area contributed by atoms with Crippen molar-refractivity contribution in [2.45, 2.75) is 53.8 Å². The molecule has 0 aliphatic rings. The number of nitro groups is 1. The van der Waals surface area contributed by atoms with Gasteiger partial charge in [0.05, 0.1) is 15.5 Å². The van der Waals surface area contributed by atoms with Crippen molar-refractivity contribution in [1.29, 1.82) is 0 Å². The lowest BCUT2D eigenvalue weighted by atomic mass is 10.2. The summed E-state index contributed by atoms with van der Waals surface area (Å²) in [6.07, 6.45) is -4.69. The van der Waals surface area contributed by atoms with Crippen LogP contribution >= 0.6 is 11.3 Å². The third-order valence-corrected chi connectivity index (χ3v) is 4.06. The highest BCUT2D eigenvalue weighted by Gasteiger charge is 2.37. The summed E-state index contributed by atoms with van der Waals surface area (Å²) in [5.41, 5.74) is 3.36. The smallest absolute Gasteiger partial charge is 0.365 e. The number of rotatable bonds is 4. The maximum absolute atomic E-state index is 12.9. The molecule has 1 amide bonds. The first kappa shape index (κ1) is 24.6. The largest absolute Gasteiger partial charge is 0.435 e. The lowest BCUT2D eigenvalue weighted by molar-refractivity contribution is -0.383. The van der Waals surface area contributed by atoms with Gasteiger partial charge in [-0.3, -0.25) is 19.6 Å². The average molecular weight is 408 g/mol. The van der Waals surface area contributed by atoms with Crippen LogP contribution in [-0.2, 0) is 6.18 Å². The van der Waals surface area contributed by atoms with Gasteiger partial charge < -0.3 is 5.73 Å². The number of carbonyl (C=O) groups is 1. The van der Waals surface area contributed by atoms with Crippen molar-refractivity contribution in [2.75, 3.05) is 0 Å². The number of primary amides is 1. The molecule has 0 atom stereocenters. The van der Waals surface area contributed by atoms with E-state index in [2.05, 4.69) is 5.10 Å². The van der Waals surface area contributed by atoms with Crippen molar-refractivity contribution in [1.82, 2.24) is 9.78 Å². The summed E-state index contributed by atoms with van der Waals surface area (Å²) in [4.78, 5) is 21.3. The van der Waals surface area contributed by atoms with E-state index in [0.29, 0.717) is 11.3 Å². The van der Waals surface area contributed by atoms with Crippen LogP contribution in [0.3, 0.4) is 0 Å². The van der Waals surface area contributed by atoms with Gasteiger partial charge in [0.1, 0.15) is 4.88 Å². The number of carbonyl (C=O) groups excluding carboxylic acids is 1. The Morgan fingerprint density at radius 2 is 1.78 bits per heavy atom. The number of nitrogens with two attached hydrogens (primary N) is 1. The molecule has 7 nitrogen and oxygen atoms in total. The zero-order chi connectivity index (χ0) is 21.5. The van der Waals surface area contributed by atoms with Crippen molar-refractivity contribution >= 4 is 22.9 Å². The van der Waals surface area contributed by atoms with Gasteiger partial charge in [-0.05, 0) is 19.9 Å². The van der Waals surface area contributed by atoms with Gasteiger partial charge in [-0.25, -0.2) is 0 Å². The highest BCUT2D eigenvalue weighted by Crippen LogP contribution is 2.41.